The number of hydrogen-bond acceptors (Lipinski definition) is 4. The average molecular weight is 356 g/mol. The lowest BCUT2D eigenvalue weighted by molar-refractivity contribution is 0.730. The summed E-state index contributed by atoms with van der Waals surface area (Å²) in [6, 6.07) is 16.9. The van der Waals surface area contributed by atoms with Gasteiger partial charge in [-0.25, -0.2) is 4.98 Å². The molecule has 1 aromatic heterocycles. The van der Waals surface area contributed by atoms with Crippen molar-refractivity contribution in [2.45, 2.75) is 18.1 Å². The smallest absolute Gasteiger partial charge is 0.262 e. The van der Waals surface area contributed by atoms with Gasteiger partial charge in [-0.15, -0.1) is 11.8 Å². The van der Waals surface area contributed by atoms with Crippen LogP contribution in [0.4, 0.5) is 0 Å². The summed E-state index contributed by atoms with van der Waals surface area (Å²) in [6.45, 7) is 0.00745. The van der Waals surface area contributed by atoms with Gasteiger partial charge in [-0.2, -0.15) is 5.26 Å². The third-order valence-electron chi connectivity index (χ3n) is 3.58. The highest BCUT2D eigenvalue weighted by atomic mass is 35.5. The maximum Gasteiger partial charge on any atom is 0.262 e. The summed E-state index contributed by atoms with van der Waals surface area (Å²) in [5.41, 5.74) is 1.65. The Bertz CT molecular complexity index is 961. The third kappa shape index (κ3) is 3.61. The minimum absolute atomic E-state index is 0.00745. The van der Waals surface area contributed by atoms with E-state index in [9.17, 15) is 4.79 Å². The zero-order chi connectivity index (χ0) is 16.9. The van der Waals surface area contributed by atoms with Crippen LogP contribution in [0.15, 0.2) is 53.3 Å². The van der Waals surface area contributed by atoms with Crippen LogP contribution in [0.3, 0.4) is 0 Å². The first-order valence-electron chi connectivity index (χ1n) is 7.36. The number of hydrogen-bond donors (Lipinski definition) is 0. The van der Waals surface area contributed by atoms with Crippen LogP contribution in [0.5, 0.6) is 0 Å². The van der Waals surface area contributed by atoms with E-state index in [2.05, 4.69) is 4.98 Å². The second-order valence-electron chi connectivity index (χ2n) is 5.21. The van der Waals surface area contributed by atoms with Gasteiger partial charge in [0.05, 0.1) is 22.7 Å². The maximum absolute atomic E-state index is 12.6. The molecule has 0 saturated carbocycles. The van der Waals surface area contributed by atoms with E-state index in [1.54, 1.807) is 23.9 Å². The standard InChI is InChI=1S/C18H14ClN3OS/c19-14-7-5-13(6-8-14)11-24-12-17-21-16-4-2-1-3-15(16)18(23)22(17)10-9-20/h1-8H,10-12H2. The molecule has 0 amide bonds. The lowest BCUT2D eigenvalue weighted by Gasteiger charge is -2.10. The molecule has 0 spiro atoms. The van der Waals surface area contributed by atoms with Crippen molar-refractivity contribution in [3.8, 4) is 6.07 Å². The van der Waals surface area contributed by atoms with E-state index in [-0.39, 0.29) is 12.1 Å². The quantitative estimate of drug-likeness (QED) is 0.694. The van der Waals surface area contributed by atoms with E-state index < -0.39 is 0 Å². The second kappa shape index (κ2) is 7.52. The minimum Gasteiger partial charge on any atom is -0.281 e. The van der Waals surface area contributed by atoms with Crippen molar-refractivity contribution in [1.82, 2.24) is 9.55 Å². The van der Waals surface area contributed by atoms with Crippen LogP contribution < -0.4 is 5.56 Å². The van der Waals surface area contributed by atoms with Gasteiger partial charge in [0.15, 0.2) is 0 Å². The number of rotatable bonds is 5. The SMILES string of the molecule is N#CCn1c(CSCc2ccc(Cl)cc2)nc2ccccc2c1=O. The summed E-state index contributed by atoms with van der Waals surface area (Å²) in [4.78, 5) is 17.1. The number of halogens is 1. The Morgan fingerprint density at radius 1 is 1.12 bits per heavy atom. The number of para-hydroxylation sites is 1. The normalized spacial score (nSPS) is 10.7. The van der Waals surface area contributed by atoms with Crippen molar-refractivity contribution in [1.29, 1.82) is 5.26 Å². The fourth-order valence-corrected chi connectivity index (χ4v) is 3.46. The number of nitrogens with zero attached hydrogens (tertiary/aromatic N) is 3. The van der Waals surface area contributed by atoms with Crippen molar-refractivity contribution < 1.29 is 0 Å². The fraction of sp³-hybridized carbons (Fsp3) is 0.167. The van der Waals surface area contributed by atoms with Gasteiger partial charge in [-0.3, -0.25) is 9.36 Å². The Hall–Kier alpha value is -2.29. The molecule has 3 rings (SSSR count). The van der Waals surface area contributed by atoms with E-state index in [4.69, 9.17) is 16.9 Å². The molecule has 0 unspecified atom stereocenters. The molecule has 0 saturated heterocycles. The van der Waals surface area contributed by atoms with Crippen molar-refractivity contribution in [3.63, 3.8) is 0 Å². The van der Waals surface area contributed by atoms with Crippen molar-refractivity contribution in [2.24, 2.45) is 0 Å². The van der Waals surface area contributed by atoms with E-state index in [0.717, 1.165) is 11.3 Å². The van der Waals surface area contributed by atoms with Gasteiger partial charge in [0.25, 0.3) is 5.56 Å². The Balaban J connectivity index is 1.85. The molecule has 0 aliphatic heterocycles. The van der Waals surface area contributed by atoms with Crippen LogP contribution in [0.1, 0.15) is 11.4 Å². The minimum atomic E-state index is -0.163. The molecule has 3 aromatic rings. The molecule has 4 nitrogen and oxygen atoms in total. The summed E-state index contributed by atoms with van der Waals surface area (Å²) in [7, 11) is 0. The number of aromatic nitrogens is 2. The van der Waals surface area contributed by atoms with Gasteiger partial charge in [-0.1, -0.05) is 35.9 Å². The molecule has 0 aliphatic rings. The van der Waals surface area contributed by atoms with Crippen LogP contribution in [-0.4, -0.2) is 9.55 Å². The molecule has 24 heavy (non-hydrogen) atoms. The van der Waals surface area contributed by atoms with E-state index in [1.807, 2.05) is 42.5 Å². The number of thioether (sulfide) groups is 1. The van der Waals surface area contributed by atoms with Gasteiger partial charge in [0.2, 0.25) is 0 Å². The summed E-state index contributed by atoms with van der Waals surface area (Å²) in [5.74, 6) is 1.97. The van der Waals surface area contributed by atoms with Crippen LogP contribution in [0.2, 0.25) is 5.02 Å². The lowest BCUT2D eigenvalue weighted by Crippen LogP contribution is -2.24. The Labute approximate surface area is 148 Å². The molecule has 0 radical (unpaired) electrons. The Morgan fingerprint density at radius 3 is 2.62 bits per heavy atom. The third-order valence-corrected chi connectivity index (χ3v) is 4.83. The van der Waals surface area contributed by atoms with Crippen LogP contribution in [-0.2, 0) is 18.1 Å². The largest absolute Gasteiger partial charge is 0.281 e. The van der Waals surface area contributed by atoms with Crippen LogP contribution in [0, 0.1) is 11.3 Å². The van der Waals surface area contributed by atoms with Crippen LogP contribution in [0.25, 0.3) is 10.9 Å². The zero-order valence-corrected chi connectivity index (χ0v) is 14.3. The molecule has 0 aliphatic carbocycles. The van der Waals surface area contributed by atoms with E-state index >= 15 is 0 Å². The molecule has 6 heteroatoms. The van der Waals surface area contributed by atoms with Crippen molar-refractivity contribution in [3.05, 3.63) is 75.3 Å². The number of nitriles is 1. The zero-order valence-electron chi connectivity index (χ0n) is 12.8. The van der Waals surface area contributed by atoms with Gasteiger partial charge in [0.1, 0.15) is 12.4 Å². The predicted octanol–water partition coefficient (Wildman–Crippen LogP) is 4.01. The predicted molar refractivity (Wildman–Crippen MR) is 98.1 cm³/mol. The van der Waals surface area contributed by atoms with Gasteiger partial charge in [-0.05, 0) is 29.8 Å². The summed E-state index contributed by atoms with van der Waals surface area (Å²) < 4.78 is 1.46. The summed E-state index contributed by atoms with van der Waals surface area (Å²) in [6.07, 6.45) is 0. The molecule has 0 N–H and O–H groups in total. The first-order chi connectivity index (χ1) is 11.7. The maximum atomic E-state index is 12.6. The molecule has 120 valence electrons. The fourth-order valence-electron chi connectivity index (χ4n) is 2.40. The highest BCUT2D eigenvalue weighted by Gasteiger charge is 2.10. The highest BCUT2D eigenvalue weighted by molar-refractivity contribution is 7.97. The Kier molecular flexibility index (Phi) is 5.19. The number of fused-ring (bicyclic) bond motifs is 1. The molecule has 2 aromatic carbocycles. The average Bonchev–Trinajstić information content (AvgIpc) is 2.60. The monoisotopic (exact) mass is 355 g/mol. The molecule has 1 heterocycles. The molecular formula is C18H14ClN3OS. The van der Waals surface area contributed by atoms with E-state index in [0.29, 0.717) is 27.5 Å². The second-order valence-corrected chi connectivity index (χ2v) is 6.64. The molecular weight excluding hydrogens is 342 g/mol. The summed E-state index contributed by atoms with van der Waals surface area (Å²) >= 11 is 7.53. The first-order valence-corrected chi connectivity index (χ1v) is 8.90. The topological polar surface area (TPSA) is 58.7 Å². The van der Waals surface area contributed by atoms with Crippen molar-refractivity contribution >= 4 is 34.3 Å². The van der Waals surface area contributed by atoms with Gasteiger partial charge in [0, 0.05) is 10.8 Å². The van der Waals surface area contributed by atoms with E-state index in [1.165, 1.54) is 4.57 Å². The van der Waals surface area contributed by atoms with Gasteiger partial charge < -0.3 is 0 Å². The molecule has 0 bridgehead atoms. The molecule has 0 fully saturated rings. The lowest BCUT2D eigenvalue weighted by atomic mass is 10.2. The van der Waals surface area contributed by atoms with Crippen LogP contribution >= 0.6 is 23.4 Å². The molecule has 0 atom stereocenters. The Morgan fingerprint density at radius 2 is 1.88 bits per heavy atom. The van der Waals surface area contributed by atoms with Gasteiger partial charge >= 0.3 is 0 Å². The summed E-state index contributed by atoms with van der Waals surface area (Å²) in [5, 5.41) is 10.3. The number of benzene rings is 2. The highest BCUT2D eigenvalue weighted by Crippen LogP contribution is 2.19. The first kappa shape index (κ1) is 16.6. The van der Waals surface area contributed by atoms with Crippen molar-refractivity contribution in [2.75, 3.05) is 0 Å².